The average Bonchev–Trinajstić information content (AvgIpc) is 2.94. The first-order valence-corrected chi connectivity index (χ1v) is 7.39. The van der Waals surface area contributed by atoms with Gasteiger partial charge in [0.1, 0.15) is 18.0 Å². The summed E-state index contributed by atoms with van der Waals surface area (Å²) in [7, 11) is 1.53. The number of terminal acetylenes is 1. The summed E-state index contributed by atoms with van der Waals surface area (Å²) in [4.78, 5) is 22.2. The van der Waals surface area contributed by atoms with Crippen LogP contribution in [0.15, 0.2) is 39.4 Å². The van der Waals surface area contributed by atoms with Crippen LogP contribution in [0, 0.1) is 12.3 Å². The van der Waals surface area contributed by atoms with Gasteiger partial charge in [-0.25, -0.2) is 4.79 Å². The van der Waals surface area contributed by atoms with Gasteiger partial charge in [-0.15, -0.1) is 6.42 Å². The molecule has 0 aliphatic rings. The molecule has 25 heavy (non-hydrogen) atoms. The van der Waals surface area contributed by atoms with Crippen LogP contribution in [0.3, 0.4) is 0 Å². The van der Waals surface area contributed by atoms with Gasteiger partial charge in [0.25, 0.3) is 0 Å². The topological polar surface area (TPSA) is 95.9 Å². The lowest BCUT2D eigenvalue weighted by Crippen LogP contribution is -2.22. The first-order valence-electron chi connectivity index (χ1n) is 7.39. The molecule has 2 rings (SSSR count). The summed E-state index contributed by atoms with van der Waals surface area (Å²) in [6.45, 7) is 3.70. The summed E-state index contributed by atoms with van der Waals surface area (Å²) in [6.07, 6.45) is 5.08. The number of tetrazole rings is 1. The highest BCUT2D eigenvalue weighted by molar-refractivity contribution is 6.40. The molecule has 1 aromatic heterocycles. The minimum Gasteiger partial charge on any atom is -0.391 e. The van der Waals surface area contributed by atoms with Gasteiger partial charge in [0.2, 0.25) is 0 Å². The van der Waals surface area contributed by atoms with E-state index < -0.39 is 0 Å². The quantitative estimate of drug-likeness (QED) is 0.322. The molecule has 2 aromatic rings. The summed E-state index contributed by atoms with van der Waals surface area (Å²) < 4.78 is 2.35. The second kappa shape index (κ2) is 8.44. The molecule has 0 spiro atoms. The van der Waals surface area contributed by atoms with E-state index in [1.807, 2.05) is 12.1 Å². The van der Waals surface area contributed by atoms with E-state index in [0.29, 0.717) is 17.1 Å². The number of benzene rings is 1. The second-order valence-corrected chi connectivity index (χ2v) is 5.03. The zero-order chi connectivity index (χ0) is 18.2. The predicted octanol–water partition coefficient (Wildman–Crippen LogP) is 0.884. The van der Waals surface area contributed by atoms with E-state index in [9.17, 15) is 4.79 Å². The number of hydrogen-bond donors (Lipinski definition) is 0. The zero-order valence-electron chi connectivity index (χ0n) is 14.2. The maximum absolute atomic E-state index is 12.0. The Morgan fingerprint density at radius 2 is 1.88 bits per heavy atom. The summed E-state index contributed by atoms with van der Waals surface area (Å²) in [5.74, 6) is 2.31. The second-order valence-electron chi connectivity index (χ2n) is 5.03. The highest BCUT2D eigenvalue weighted by Gasteiger charge is 2.11. The van der Waals surface area contributed by atoms with Gasteiger partial charge in [0.05, 0.1) is 5.69 Å². The Morgan fingerprint density at radius 3 is 2.52 bits per heavy atom. The molecule has 0 amide bonds. The minimum atomic E-state index is -0.347. The number of oxime groups is 2. The highest BCUT2D eigenvalue weighted by Crippen LogP contribution is 2.12. The molecule has 9 heteroatoms. The van der Waals surface area contributed by atoms with Crippen LogP contribution in [0.25, 0.3) is 5.69 Å². The first-order chi connectivity index (χ1) is 12.0. The molecule has 0 aliphatic carbocycles. The fraction of sp³-hybridized carbons (Fsp3) is 0.312. The minimum absolute atomic E-state index is 0.0890. The van der Waals surface area contributed by atoms with Crippen molar-refractivity contribution in [2.75, 3.05) is 6.61 Å². The van der Waals surface area contributed by atoms with Gasteiger partial charge >= 0.3 is 5.69 Å². The van der Waals surface area contributed by atoms with Gasteiger partial charge in [-0.1, -0.05) is 34.4 Å². The molecule has 1 heterocycles. The van der Waals surface area contributed by atoms with Crippen molar-refractivity contribution in [3.63, 3.8) is 0 Å². The van der Waals surface area contributed by atoms with Crippen LogP contribution in [0.5, 0.6) is 0 Å². The molecular formula is C16H18N6O3. The van der Waals surface area contributed by atoms with E-state index >= 15 is 0 Å². The zero-order valence-corrected chi connectivity index (χ0v) is 14.2. The maximum Gasteiger partial charge on any atom is 0.368 e. The molecule has 0 bridgehead atoms. The van der Waals surface area contributed by atoms with Crippen LogP contribution in [0.2, 0.25) is 0 Å². The van der Waals surface area contributed by atoms with Crippen molar-refractivity contribution < 1.29 is 9.68 Å². The van der Waals surface area contributed by atoms with Gasteiger partial charge in [0.15, 0.2) is 6.61 Å². The Kier molecular flexibility index (Phi) is 6.06. The third-order valence-corrected chi connectivity index (χ3v) is 3.24. The lowest BCUT2D eigenvalue weighted by Gasteiger charge is -2.07. The number of para-hydroxylation sites is 1. The molecule has 1 aromatic carbocycles. The van der Waals surface area contributed by atoms with Crippen LogP contribution in [0.1, 0.15) is 19.4 Å². The van der Waals surface area contributed by atoms with Gasteiger partial charge < -0.3 is 9.68 Å². The highest BCUT2D eigenvalue weighted by atomic mass is 16.6. The number of aryl methyl sites for hydroxylation is 1. The van der Waals surface area contributed by atoms with Crippen LogP contribution >= 0.6 is 0 Å². The molecule has 0 saturated heterocycles. The Bertz CT molecular complexity index is 888. The van der Waals surface area contributed by atoms with Crippen molar-refractivity contribution in [2.45, 2.75) is 20.5 Å². The first kappa shape index (κ1) is 17.9. The van der Waals surface area contributed by atoms with E-state index in [1.165, 1.54) is 11.7 Å². The van der Waals surface area contributed by atoms with Gasteiger partial charge in [0, 0.05) is 12.6 Å². The third-order valence-electron chi connectivity index (χ3n) is 3.24. The SMILES string of the molecule is C#CCO/N=C(C)/C(C)=N/OCc1ccccc1-n1nnn(C)c1=O. The number of hydrogen-bond acceptors (Lipinski definition) is 7. The Hall–Kier alpha value is -3.41. The smallest absolute Gasteiger partial charge is 0.368 e. The molecule has 0 atom stereocenters. The molecule has 130 valence electrons. The lowest BCUT2D eigenvalue weighted by molar-refractivity contribution is 0.130. The van der Waals surface area contributed by atoms with E-state index in [-0.39, 0.29) is 18.9 Å². The van der Waals surface area contributed by atoms with Crippen molar-refractivity contribution in [1.29, 1.82) is 0 Å². The third kappa shape index (κ3) is 4.54. The Balaban J connectivity index is 2.11. The Labute approximate surface area is 144 Å². The van der Waals surface area contributed by atoms with Crippen molar-refractivity contribution in [3.8, 4) is 18.0 Å². The van der Waals surface area contributed by atoms with E-state index in [0.717, 1.165) is 10.2 Å². The van der Waals surface area contributed by atoms with Crippen LogP contribution < -0.4 is 5.69 Å². The fourth-order valence-electron chi connectivity index (χ4n) is 1.80. The van der Waals surface area contributed by atoms with Gasteiger partial charge in [-0.2, -0.15) is 9.36 Å². The predicted molar refractivity (Wildman–Crippen MR) is 92.4 cm³/mol. The Morgan fingerprint density at radius 1 is 1.20 bits per heavy atom. The monoisotopic (exact) mass is 342 g/mol. The molecule has 0 aliphatic heterocycles. The summed E-state index contributed by atoms with van der Waals surface area (Å²) in [6, 6.07) is 7.21. The van der Waals surface area contributed by atoms with Crippen LogP contribution in [0.4, 0.5) is 0 Å². The number of nitrogens with zero attached hydrogens (tertiary/aromatic N) is 6. The maximum atomic E-state index is 12.0. The van der Waals surface area contributed by atoms with Crippen LogP contribution in [-0.4, -0.2) is 37.8 Å². The fourth-order valence-corrected chi connectivity index (χ4v) is 1.80. The molecule has 0 N–H and O–H groups in total. The van der Waals surface area contributed by atoms with E-state index in [1.54, 1.807) is 26.0 Å². The molecule has 0 radical (unpaired) electrons. The summed E-state index contributed by atoms with van der Waals surface area (Å²) >= 11 is 0. The molecule has 0 unspecified atom stereocenters. The lowest BCUT2D eigenvalue weighted by atomic mass is 10.2. The summed E-state index contributed by atoms with van der Waals surface area (Å²) in [5, 5.41) is 15.3. The summed E-state index contributed by atoms with van der Waals surface area (Å²) in [5.41, 5.74) is 2.07. The van der Waals surface area contributed by atoms with Gasteiger partial charge in [-0.05, 0) is 30.3 Å². The van der Waals surface area contributed by atoms with E-state index in [2.05, 4.69) is 26.7 Å². The number of aromatic nitrogens is 4. The molecule has 0 fully saturated rings. The number of rotatable bonds is 7. The van der Waals surface area contributed by atoms with Gasteiger partial charge in [-0.3, -0.25) is 0 Å². The molecule has 9 nitrogen and oxygen atoms in total. The average molecular weight is 342 g/mol. The van der Waals surface area contributed by atoms with Crippen molar-refractivity contribution in [2.24, 2.45) is 17.4 Å². The van der Waals surface area contributed by atoms with E-state index in [4.69, 9.17) is 16.1 Å². The molecule has 0 saturated carbocycles. The largest absolute Gasteiger partial charge is 0.391 e. The van der Waals surface area contributed by atoms with Crippen molar-refractivity contribution >= 4 is 11.4 Å². The van der Waals surface area contributed by atoms with Crippen LogP contribution in [-0.2, 0) is 23.3 Å². The van der Waals surface area contributed by atoms with Crippen molar-refractivity contribution in [1.82, 2.24) is 19.8 Å². The molecular weight excluding hydrogens is 324 g/mol. The standard InChI is InChI=1S/C16H18N6O3/c1-5-10-24-17-12(2)13(3)18-25-11-14-8-6-7-9-15(14)22-16(23)21(4)19-20-22/h1,6-9H,10-11H2,2-4H3/b17-12+,18-13+. The van der Waals surface area contributed by atoms with Crippen molar-refractivity contribution in [3.05, 3.63) is 40.3 Å². The normalized spacial score (nSPS) is 11.9.